The maximum Gasteiger partial charge on any atom is 0.162 e. The summed E-state index contributed by atoms with van der Waals surface area (Å²) in [6, 6.07) is 9.46. The van der Waals surface area contributed by atoms with E-state index in [-0.39, 0.29) is 0 Å². The molecular weight excluding hydrogens is 448 g/mol. The van der Waals surface area contributed by atoms with E-state index >= 15 is 0 Å². The van der Waals surface area contributed by atoms with Crippen molar-refractivity contribution < 1.29 is 23.7 Å². The van der Waals surface area contributed by atoms with Gasteiger partial charge >= 0.3 is 0 Å². The van der Waals surface area contributed by atoms with Gasteiger partial charge in [-0.2, -0.15) is 0 Å². The van der Waals surface area contributed by atoms with Gasteiger partial charge in [0.1, 0.15) is 17.3 Å². The van der Waals surface area contributed by atoms with Gasteiger partial charge in [-0.3, -0.25) is 4.90 Å². The molecule has 0 aliphatic carbocycles. The fourth-order valence-electron chi connectivity index (χ4n) is 3.94. The van der Waals surface area contributed by atoms with Gasteiger partial charge in [0, 0.05) is 43.7 Å². The Morgan fingerprint density at radius 1 is 0.857 bits per heavy atom. The lowest BCUT2D eigenvalue weighted by atomic mass is 10.1. The summed E-state index contributed by atoms with van der Waals surface area (Å²) in [5, 5.41) is 4.36. The number of rotatable bonds is 10. The van der Waals surface area contributed by atoms with E-state index < -0.39 is 0 Å². The van der Waals surface area contributed by atoms with Crippen LogP contribution in [0.3, 0.4) is 0 Å². The van der Waals surface area contributed by atoms with Crippen molar-refractivity contribution in [3.63, 3.8) is 0 Å². The van der Waals surface area contributed by atoms with Crippen molar-refractivity contribution in [1.29, 1.82) is 0 Å². The van der Waals surface area contributed by atoms with Gasteiger partial charge < -0.3 is 29.0 Å². The first kappa shape index (κ1) is 24.6. The molecule has 0 atom stereocenters. The Bertz CT molecular complexity index is 1160. The molecule has 1 aliphatic heterocycles. The summed E-state index contributed by atoms with van der Waals surface area (Å²) >= 11 is 0. The number of nitrogens with zero attached hydrogens (tertiary/aromatic N) is 3. The Morgan fingerprint density at radius 3 is 2.20 bits per heavy atom. The van der Waals surface area contributed by atoms with Crippen LogP contribution in [0.4, 0.5) is 5.82 Å². The van der Waals surface area contributed by atoms with E-state index in [1.54, 1.807) is 28.4 Å². The quantitative estimate of drug-likeness (QED) is 0.468. The third-order valence-electron chi connectivity index (χ3n) is 5.84. The molecule has 186 valence electrons. The second-order valence-electron chi connectivity index (χ2n) is 8.01. The Morgan fingerprint density at radius 2 is 1.54 bits per heavy atom. The van der Waals surface area contributed by atoms with Crippen molar-refractivity contribution in [2.45, 2.75) is 0 Å². The third kappa shape index (κ3) is 6.12. The van der Waals surface area contributed by atoms with Crippen LogP contribution in [0.1, 0.15) is 11.4 Å². The van der Waals surface area contributed by atoms with E-state index in [0.717, 1.165) is 61.7 Å². The number of hydrogen-bond donors (Lipinski definition) is 1. The van der Waals surface area contributed by atoms with Gasteiger partial charge in [0.25, 0.3) is 0 Å². The molecule has 0 saturated carbocycles. The van der Waals surface area contributed by atoms with Crippen LogP contribution in [0.15, 0.2) is 30.3 Å². The van der Waals surface area contributed by atoms with Crippen LogP contribution in [-0.4, -0.2) is 82.7 Å². The highest BCUT2D eigenvalue weighted by molar-refractivity contribution is 5.92. The molecule has 9 heteroatoms. The standard InChI is InChI=1S/C26H32N4O5/c1-31-19-13-18(14-20(15-19)32-2)5-6-25-28-22-17-24(34-4)23(33-3)16-21(22)26(29-25)27-7-8-30-9-11-35-12-10-30/h5-6,13-17H,7-12H2,1-4H3,(H,27,28,29)/b6-5+. The minimum absolute atomic E-state index is 0.570. The number of nitrogens with one attached hydrogen (secondary N) is 1. The largest absolute Gasteiger partial charge is 0.497 e. The summed E-state index contributed by atoms with van der Waals surface area (Å²) in [6.07, 6.45) is 3.81. The Labute approximate surface area is 205 Å². The average molecular weight is 481 g/mol. The fraction of sp³-hybridized carbons (Fsp3) is 0.385. The number of ether oxygens (including phenoxy) is 5. The molecule has 3 aromatic rings. The predicted molar refractivity (Wildman–Crippen MR) is 137 cm³/mol. The van der Waals surface area contributed by atoms with Gasteiger partial charge in [-0.1, -0.05) is 6.08 Å². The molecule has 1 fully saturated rings. The van der Waals surface area contributed by atoms with E-state index in [4.69, 9.17) is 33.7 Å². The highest BCUT2D eigenvalue weighted by Crippen LogP contribution is 2.34. The topological polar surface area (TPSA) is 87.2 Å². The van der Waals surface area contributed by atoms with Crippen LogP contribution in [0.25, 0.3) is 23.1 Å². The van der Waals surface area contributed by atoms with Crippen molar-refractivity contribution >= 4 is 28.9 Å². The maximum absolute atomic E-state index is 5.51. The minimum Gasteiger partial charge on any atom is -0.497 e. The number of hydrogen-bond acceptors (Lipinski definition) is 9. The number of morpholine rings is 1. The lowest BCUT2D eigenvalue weighted by Gasteiger charge is -2.26. The molecule has 1 N–H and O–H groups in total. The van der Waals surface area contributed by atoms with Crippen LogP contribution in [0, 0.1) is 0 Å². The smallest absolute Gasteiger partial charge is 0.162 e. The van der Waals surface area contributed by atoms with Gasteiger partial charge in [-0.05, 0) is 29.8 Å². The molecule has 2 aromatic carbocycles. The Kier molecular flexibility index (Phi) is 8.23. The monoisotopic (exact) mass is 480 g/mol. The summed E-state index contributed by atoms with van der Waals surface area (Å²) in [5.41, 5.74) is 1.67. The Hall–Kier alpha value is -3.56. The summed E-state index contributed by atoms with van der Waals surface area (Å²) < 4.78 is 27.2. The van der Waals surface area contributed by atoms with Crippen LogP contribution >= 0.6 is 0 Å². The maximum atomic E-state index is 5.51. The zero-order valence-electron chi connectivity index (χ0n) is 20.7. The predicted octanol–water partition coefficient (Wildman–Crippen LogP) is 3.58. The number of benzene rings is 2. The fourth-order valence-corrected chi connectivity index (χ4v) is 3.94. The van der Waals surface area contributed by atoms with Gasteiger partial charge in [0.05, 0.1) is 47.2 Å². The average Bonchev–Trinajstić information content (AvgIpc) is 2.91. The molecule has 0 radical (unpaired) electrons. The molecule has 35 heavy (non-hydrogen) atoms. The summed E-state index contributed by atoms with van der Waals surface area (Å²) in [6.45, 7) is 5.08. The molecule has 0 amide bonds. The first-order valence-electron chi connectivity index (χ1n) is 11.5. The molecular formula is C26H32N4O5. The van der Waals surface area contributed by atoms with Crippen LogP contribution < -0.4 is 24.3 Å². The summed E-state index contributed by atoms with van der Waals surface area (Å²) in [7, 11) is 6.50. The lowest BCUT2D eigenvalue weighted by molar-refractivity contribution is 0.0398. The van der Waals surface area contributed by atoms with Crippen molar-refractivity contribution in [2.24, 2.45) is 0 Å². The lowest BCUT2D eigenvalue weighted by Crippen LogP contribution is -2.39. The highest BCUT2D eigenvalue weighted by atomic mass is 16.5. The van der Waals surface area contributed by atoms with E-state index in [1.807, 2.05) is 42.5 Å². The second-order valence-corrected chi connectivity index (χ2v) is 8.01. The van der Waals surface area contributed by atoms with Gasteiger partial charge in [-0.15, -0.1) is 0 Å². The van der Waals surface area contributed by atoms with Crippen molar-refractivity contribution in [3.05, 3.63) is 41.7 Å². The van der Waals surface area contributed by atoms with E-state index in [2.05, 4.69) is 10.2 Å². The molecule has 1 aromatic heterocycles. The van der Waals surface area contributed by atoms with E-state index in [0.29, 0.717) is 28.8 Å². The molecule has 1 saturated heterocycles. The summed E-state index contributed by atoms with van der Waals surface area (Å²) in [5.74, 6) is 3.99. The van der Waals surface area contributed by atoms with Crippen molar-refractivity contribution in [1.82, 2.24) is 14.9 Å². The van der Waals surface area contributed by atoms with Gasteiger partial charge in [-0.25, -0.2) is 9.97 Å². The van der Waals surface area contributed by atoms with E-state index in [9.17, 15) is 0 Å². The number of fused-ring (bicyclic) bond motifs is 1. The number of anilines is 1. The van der Waals surface area contributed by atoms with Crippen LogP contribution in [0.5, 0.6) is 23.0 Å². The molecule has 0 unspecified atom stereocenters. The zero-order valence-corrected chi connectivity index (χ0v) is 20.7. The zero-order chi connectivity index (χ0) is 24.6. The third-order valence-corrected chi connectivity index (χ3v) is 5.84. The first-order chi connectivity index (χ1) is 17.1. The van der Waals surface area contributed by atoms with Gasteiger partial charge in [0.2, 0.25) is 0 Å². The van der Waals surface area contributed by atoms with E-state index in [1.165, 1.54) is 0 Å². The molecule has 1 aliphatic rings. The first-order valence-corrected chi connectivity index (χ1v) is 11.5. The molecule has 9 nitrogen and oxygen atoms in total. The summed E-state index contributed by atoms with van der Waals surface area (Å²) in [4.78, 5) is 11.9. The normalized spacial score (nSPS) is 14.3. The van der Waals surface area contributed by atoms with Crippen LogP contribution in [-0.2, 0) is 4.74 Å². The minimum atomic E-state index is 0.570. The number of aromatic nitrogens is 2. The molecule has 2 heterocycles. The van der Waals surface area contributed by atoms with Crippen LogP contribution in [0.2, 0.25) is 0 Å². The SMILES string of the molecule is COc1cc(/C=C/c2nc(NCCN3CCOCC3)c3cc(OC)c(OC)cc3n2)cc(OC)c1. The Balaban J connectivity index is 1.65. The van der Waals surface area contributed by atoms with Crippen molar-refractivity contribution in [2.75, 3.05) is 73.1 Å². The van der Waals surface area contributed by atoms with Crippen molar-refractivity contribution in [3.8, 4) is 23.0 Å². The molecule has 4 rings (SSSR count). The molecule has 0 spiro atoms. The second kappa shape index (κ2) is 11.7. The molecule has 0 bridgehead atoms. The number of methoxy groups -OCH3 is 4. The van der Waals surface area contributed by atoms with Gasteiger partial charge in [0.15, 0.2) is 17.3 Å². The highest BCUT2D eigenvalue weighted by Gasteiger charge is 2.14.